The Bertz CT molecular complexity index is 1060. The topological polar surface area (TPSA) is 21.7 Å². The summed E-state index contributed by atoms with van der Waals surface area (Å²) in [5, 5.41) is 0. The summed E-state index contributed by atoms with van der Waals surface area (Å²) >= 11 is 6.31. The van der Waals surface area contributed by atoms with Gasteiger partial charge in [-0.05, 0) is 72.8 Å². The number of rotatable bonds is 10. The number of benzene rings is 3. The van der Waals surface area contributed by atoms with E-state index in [2.05, 4.69) is 59.5 Å². The zero-order valence-electron chi connectivity index (χ0n) is 20.0. The highest BCUT2D eigenvalue weighted by atomic mass is 35.5. The van der Waals surface area contributed by atoms with Gasteiger partial charge in [0.1, 0.15) is 18.1 Å². The third kappa shape index (κ3) is 6.22. The lowest BCUT2D eigenvalue weighted by atomic mass is 9.88. The van der Waals surface area contributed by atoms with Crippen LogP contribution in [-0.4, -0.2) is 44.1 Å². The Labute approximate surface area is 209 Å². The first-order valence-corrected chi connectivity index (χ1v) is 12.8. The smallest absolute Gasteiger partial charge is 0.126 e. The van der Waals surface area contributed by atoms with Gasteiger partial charge >= 0.3 is 0 Å². The van der Waals surface area contributed by atoms with Crippen molar-refractivity contribution in [3.63, 3.8) is 0 Å². The van der Waals surface area contributed by atoms with E-state index < -0.39 is 0 Å². The summed E-state index contributed by atoms with van der Waals surface area (Å²) < 4.78 is 11.8. The van der Waals surface area contributed by atoms with Gasteiger partial charge in [-0.25, -0.2) is 0 Å². The molecule has 0 spiro atoms. The Morgan fingerprint density at radius 3 is 2.21 bits per heavy atom. The van der Waals surface area contributed by atoms with Crippen LogP contribution >= 0.6 is 11.6 Å². The molecule has 1 fully saturated rings. The van der Waals surface area contributed by atoms with Crippen molar-refractivity contribution in [3.8, 4) is 11.5 Å². The maximum Gasteiger partial charge on any atom is 0.126 e. The normalized spacial score (nSPS) is 15.0. The zero-order chi connectivity index (χ0) is 23.6. The minimum Gasteiger partial charge on any atom is -0.496 e. The van der Waals surface area contributed by atoms with Crippen LogP contribution in [0.3, 0.4) is 0 Å². The van der Waals surface area contributed by atoms with Crippen LogP contribution in [0.4, 0.5) is 0 Å². The molecular formula is C30H34ClNO2. The van der Waals surface area contributed by atoms with Gasteiger partial charge in [-0.15, -0.1) is 11.6 Å². The van der Waals surface area contributed by atoms with Crippen LogP contribution < -0.4 is 9.47 Å². The number of halogens is 1. The molecule has 34 heavy (non-hydrogen) atoms. The van der Waals surface area contributed by atoms with Crippen LogP contribution in [0, 0.1) is 0 Å². The number of para-hydroxylation sites is 1. The number of alkyl halides is 1. The molecule has 178 valence electrons. The second-order valence-electron chi connectivity index (χ2n) is 8.63. The number of methoxy groups -OCH3 is 1. The van der Waals surface area contributed by atoms with Gasteiger partial charge < -0.3 is 9.47 Å². The molecule has 4 rings (SSSR count). The van der Waals surface area contributed by atoms with Crippen LogP contribution in [0.2, 0.25) is 0 Å². The van der Waals surface area contributed by atoms with Crippen LogP contribution in [-0.2, 0) is 0 Å². The fraction of sp³-hybridized carbons (Fsp3) is 0.333. The Balaban J connectivity index is 1.64. The van der Waals surface area contributed by atoms with E-state index in [0.717, 1.165) is 47.8 Å². The molecule has 3 aromatic rings. The second-order valence-corrected chi connectivity index (χ2v) is 9.01. The fourth-order valence-electron chi connectivity index (χ4n) is 4.70. The van der Waals surface area contributed by atoms with E-state index in [1.54, 1.807) is 7.11 Å². The summed E-state index contributed by atoms with van der Waals surface area (Å²) in [4.78, 5) is 2.50. The number of nitrogens with zero attached hydrogens (tertiary/aromatic N) is 1. The number of hydrogen-bond donors (Lipinski definition) is 0. The number of allylic oxidation sites excluding steroid dienone is 1. The molecule has 0 N–H and O–H groups in total. The first kappa shape index (κ1) is 24.4. The second kappa shape index (κ2) is 12.6. The van der Waals surface area contributed by atoms with E-state index in [9.17, 15) is 0 Å². The molecular weight excluding hydrogens is 442 g/mol. The molecule has 0 atom stereocenters. The largest absolute Gasteiger partial charge is 0.496 e. The third-order valence-corrected chi connectivity index (χ3v) is 6.60. The lowest BCUT2D eigenvalue weighted by Gasteiger charge is -2.26. The first-order chi connectivity index (χ1) is 16.8. The van der Waals surface area contributed by atoms with Gasteiger partial charge in [-0.2, -0.15) is 0 Å². The van der Waals surface area contributed by atoms with Crippen molar-refractivity contribution in [2.45, 2.75) is 25.7 Å². The average Bonchev–Trinajstić information content (AvgIpc) is 2.90. The molecule has 4 heteroatoms. The number of hydrogen-bond acceptors (Lipinski definition) is 3. The van der Waals surface area contributed by atoms with Gasteiger partial charge in [0.25, 0.3) is 0 Å². The standard InChI is InChI=1S/C30H34ClNO2/c1-33-29-13-7-6-12-27(29)28(18-19-31)30(24-10-4-2-5-11-24)25-14-16-26(17-15-25)34-23-22-32-20-8-3-9-21-32/h2,4-7,10-17H,3,8-9,18-23H2,1H3. The molecule has 0 saturated carbocycles. The van der Waals surface area contributed by atoms with Crippen molar-refractivity contribution in [1.29, 1.82) is 0 Å². The summed E-state index contributed by atoms with van der Waals surface area (Å²) in [7, 11) is 1.72. The molecule has 0 radical (unpaired) electrons. The maximum atomic E-state index is 6.31. The van der Waals surface area contributed by atoms with E-state index in [0.29, 0.717) is 5.88 Å². The average molecular weight is 476 g/mol. The van der Waals surface area contributed by atoms with Crippen molar-refractivity contribution in [2.24, 2.45) is 0 Å². The molecule has 3 aromatic carbocycles. The van der Waals surface area contributed by atoms with Gasteiger partial charge in [0.15, 0.2) is 0 Å². The van der Waals surface area contributed by atoms with Crippen LogP contribution in [0.1, 0.15) is 42.4 Å². The molecule has 1 heterocycles. The predicted octanol–water partition coefficient (Wildman–Crippen LogP) is 7.15. The molecule has 3 nitrogen and oxygen atoms in total. The first-order valence-electron chi connectivity index (χ1n) is 12.2. The lowest BCUT2D eigenvalue weighted by molar-refractivity contribution is 0.183. The molecule has 0 bridgehead atoms. The lowest BCUT2D eigenvalue weighted by Crippen LogP contribution is -2.33. The van der Waals surface area contributed by atoms with Crippen LogP contribution in [0.5, 0.6) is 11.5 Å². The summed E-state index contributed by atoms with van der Waals surface area (Å²) in [5.41, 5.74) is 5.72. The highest BCUT2D eigenvalue weighted by Crippen LogP contribution is 2.38. The van der Waals surface area contributed by atoms with Crippen molar-refractivity contribution < 1.29 is 9.47 Å². The zero-order valence-corrected chi connectivity index (χ0v) is 20.8. The van der Waals surface area contributed by atoms with Crippen LogP contribution in [0.15, 0.2) is 78.9 Å². The van der Waals surface area contributed by atoms with E-state index >= 15 is 0 Å². The highest BCUT2D eigenvalue weighted by Gasteiger charge is 2.17. The Hall–Kier alpha value is -2.75. The molecule has 1 saturated heterocycles. The highest BCUT2D eigenvalue weighted by molar-refractivity contribution is 6.18. The molecule has 0 amide bonds. The third-order valence-electron chi connectivity index (χ3n) is 6.41. The predicted molar refractivity (Wildman–Crippen MR) is 143 cm³/mol. The summed E-state index contributed by atoms with van der Waals surface area (Å²) in [6.45, 7) is 4.10. The van der Waals surface area contributed by atoms with E-state index in [1.807, 2.05) is 24.3 Å². The molecule has 1 aliphatic rings. The monoisotopic (exact) mass is 475 g/mol. The van der Waals surface area contributed by atoms with Crippen LogP contribution in [0.25, 0.3) is 11.1 Å². The van der Waals surface area contributed by atoms with Crippen molar-refractivity contribution in [2.75, 3.05) is 39.2 Å². The quantitative estimate of drug-likeness (QED) is 0.229. The summed E-state index contributed by atoms with van der Waals surface area (Å²) in [5.74, 6) is 2.29. The van der Waals surface area contributed by atoms with E-state index in [1.165, 1.54) is 43.5 Å². The van der Waals surface area contributed by atoms with Crippen molar-refractivity contribution in [3.05, 3.63) is 95.6 Å². The van der Waals surface area contributed by atoms with Crippen molar-refractivity contribution in [1.82, 2.24) is 4.90 Å². The van der Waals surface area contributed by atoms with Crippen molar-refractivity contribution >= 4 is 22.7 Å². The molecule has 1 aliphatic heterocycles. The fourth-order valence-corrected chi connectivity index (χ4v) is 4.89. The van der Waals surface area contributed by atoms with Gasteiger partial charge in [-0.3, -0.25) is 4.90 Å². The Morgan fingerprint density at radius 1 is 0.824 bits per heavy atom. The molecule has 0 aliphatic carbocycles. The van der Waals surface area contributed by atoms with Gasteiger partial charge in [-0.1, -0.05) is 67.1 Å². The summed E-state index contributed by atoms with van der Waals surface area (Å²) in [6, 6.07) is 27.1. The van der Waals surface area contributed by atoms with E-state index in [4.69, 9.17) is 21.1 Å². The van der Waals surface area contributed by atoms with E-state index in [-0.39, 0.29) is 0 Å². The van der Waals surface area contributed by atoms with Gasteiger partial charge in [0.05, 0.1) is 7.11 Å². The van der Waals surface area contributed by atoms with Gasteiger partial charge in [0.2, 0.25) is 0 Å². The number of likely N-dealkylation sites (tertiary alicyclic amines) is 1. The van der Waals surface area contributed by atoms with Gasteiger partial charge in [0, 0.05) is 18.0 Å². The molecule has 0 unspecified atom stereocenters. The maximum absolute atomic E-state index is 6.31. The Morgan fingerprint density at radius 2 is 1.50 bits per heavy atom. The number of ether oxygens (including phenoxy) is 2. The molecule has 0 aromatic heterocycles. The number of piperidine rings is 1. The Kier molecular flexibility index (Phi) is 9.06. The minimum atomic E-state index is 0.529. The SMILES string of the molecule is COc1ccccc1C(CCCl)=C(c1ccccc1)c1ccc(OCCN2CCCCC2)cc1. The minimum absolute atomic E-state index is 0.529. The summed E-state index contributed by atoms with van der Waals surface area (Å²) in [6.07, 6.45) is 4.71.